The summed E-state index contributed by atoms with van der Waals surface area (Å²) in [6, 6.07) is 10.6. The molecule has 216 valence electrons. The molecule has 0 fully saturated rings. The largest absolute Gasteiger partial charge is 0.508 e. The molecule has 0 radical (unpaired) electrons. The lowest BCUT2D eigenvalue weighted by Crippen LogP contribution is -2.58. The molecule has 0 aromatic heterocycles. The average molecular weight is 556 g/mol. The minimum Gasteiger partial charge on any atom is -0.508 e. The number of nitrogens with zero attached hydrogens (tertiary/aromatic N) is 1. The lowest BCUT2D eigenvalue weighted by Gasteiger charge is -2.25. The molecule has 0 spiro atoms. The van der Waals surface area contributed by atoms with Gasteiger partial charge in [0.05, 0.1) is 6.04 Å². The van der Waals surface area contributed by atoms with E-state index in [1.54, 1.807) is 42.5 Å². The zero-order valence-corrected chi connectivity index (χ0v) is 22.2. The summed E-state index contributed by atoms with van der Waals surface area (Å²) < 4.78 is 0. The van der Waals surface area contributed by atoms with Gasteiger partial charge >= 0.3 is 5.97 Å². The van der Waals surface area contributed by atoms with Crippen LogP contribution in [0.25, 0.3) is 0 Å². The van der Waals surface area contributed by atoms with Crippen LogP contribution >= 0.6 is 0 Å². The van der Waals surface area contributed by atoms with Crippen LogP contribution in [0.5, 0.6) is 5.75 Å². The number of guanidine groups is 1. The predicted molar refractivity (Wildman–Crippen MR) is 149 cm³/mol. The van der Waals surface area contributed by atoms with Gasteiger partial charge in [0.2, 0.25) is 17.7 Å². The molecule has 13 heteroatoms. The molecule has 0 saturated carbocycles. The smallest absolute Gasteiger partial charge is 0.325 e. The number of nitrogens with one attached hydrogen (secondary N) is 3. The highest BCUT2D eigenvalue weighted by Crippen LogP contribution is 2.12. The monoisotopic (exact) mass is 555 g/mol. The Hall–Kier alpha value is -4.65. The quantitative estimate of drug-likeness (QED) is 0.0772. The Morgan fingerprint density at radius 2 is 1.35 bits per heavy atom. The van der Waals surface area contributed by atoms with E-state index in [0.717, 1.165) is 5.56 Å². The number of aromatic hydroxyl groups is 1. The van der Waals surface area contributed by atoms with Gasteiger partial charge in [-0.1, -0.05) is 42.5 Å². The molecule has 4 unspecified atom stereocenters. The number of hydrogen-bond donors (Lipinski definition) is 8. The van der Waals surface area contributed by atoms with E-state index in [9.17, 15) is 29.4 Å². The van der Waals surface area contributed by atoms with Gasteiger partial charge in [0, 0.05) is 19.4 Å². The molecule has 0 heterocycles. The normalized spacial score (nSPS) is 13.7. The fraction of sp³-hybridized carbons (Fsp3) is 0.370. The molecule has 11 N–H and O–H groups in total. The maximum atomic E-state index is 13.5. The van der Waals surface area contributed by atoms with Crippen molar-refractivity contribution in [3.8, 4) is 5.75 Å². The molecule has 4 atom stereocenters. The van der Waals surface area contributed by atoms with Crippen LogP contribution in [0.3, 0.4) is 0 Å². The lowest BCUT2D eigenvalue weighted by molar-refractivity contribution is -0.141. The number of benzene rings is 2. The highest BCUT2D eigenvalue weighted by Gasteiger charge is 2.29. The summed E-state index contributed by atoms with van der Waals surface area (Å²) >= 11 is 0. The van der Waals surface area contributed by atoms with Crippen molar-refractivity contribution < 1.29 is 29.4 Å². The second-order valence-corrected chi connectivity index (χ2v) is 9.31. The molecular weight excluding hydrogens is 518 g/mol. The Kier molecular flexibility index (Phi) is 12.4. The number of aliphatic imine (C=N–C) groups is 1. The molecular formula is C27H37N7O6. The zero-order valence-electron chi connectivity index (χ0n) is 22.2. The van der Waals surface area contributed by atoms with Crippen LogP contribution in [-0.4, -0.2) is 70.6 Å². The van der Waals surface area contributed by atoms with Gasteiger partial charge in [0.1, 0.15) is 23.9 Å². The van der Waals surface area contributed by atoms with Gasteiger partial charge in [-0.3, -0.25) is 24.2 Å². The average Bonchev–Trinajstić information content (AvgIpc) is 2.91. The van der Waals surface area contributed by atoms with E-state index in [0.29, 0.717) is 12.0 Å². The Bertz CT molecular complexity index is 1170. The number of phenols is 1. The first-order chi connectivity index (χ1) is 19.0. The van der Waals surface area contributed by atoms with Crippen LogP contribution < -0.4 is 33.2 Å². The fourth-order valence-electron chi connectivity index (χ4n) is 3.71. The van der Waals surface area contributed by atoms with Crippen molar-refractivity contribution in [2.75, 3.05) is 6.54 Å². The van der Waals surface area contributed by atoms with E-state index < -0.39 is 47.9 Å². The summed E-state index contributed by atoms with van der Waals surface area (Å²) in [4.78, 5) is 54.5. The topological polar surface area (TPSA) is 235 Å². The van der Waals surface area contributed by atoms with E-state index >= 15 is 0 Å². The van der Waals surface area contributed by atoms with Crippen LogP contribution in [0.2, 0.25) is 0 Å². The Balaban J connectivity index is 2.23. The third kappa shape index (κ3) is 11.0. The molecule has 0 bridgehead atoms. The van der Waals surface area contributed by atoms with Crippen LogP contribution in [0.4, 0.5) is 0 Å². The molecule has 2 aromatic rings. The highest BCUT2D eigenvalue weighted by atomic mass is 16.4. The van der Waals surface area contributed by atoms with Gasteiger partial charge in [-0.15, -0.1) is 0 Å². The number of nitrogens with two attached hydrogens (primary N) is 3. The second-order valence-electron chi connectivity index (χ2n) is 9.31. The number of amides is 3. The van der Waals surface area contributed by atoms with Crippen LogP contribution in [0, 0.1) is 0 Å². The van der Waals surface area contributed by atoms with Crippen molar-refractivity contribution in [1.82, 2.24) is 16.0 Å². The van der Waals surface area contributed by atoms with E-state index in [4.69, 9.17) is 17.2 Å². The van der Waals surface area contributed by atoms with Gasteiger partial charge in [0.15, 0.2) is 5.96 Å². The van der Waals surface area contributed by atoms with Crippen molar-refractivity contribution in [1.29, 1.82) is 0 Å². The summed E-state index contributed by atoms with van der Waals surface area (Å²) in [7, 11) is 0. The van der Waals surface area contributed by atoms with Crippen molar-refractivity contribution in [2.24, 2.45) is 22.2 Å². The van der Waals surface area contributed by atoms with Gasteiger partial charge < -0.3 is 43.4 Å². The maximum Gasteiger partial charge on any atom is 0.325 e. The lowest BCUT2D eigenvalue weighted by atomic mass is 10.0. The minimum atomic E-state index is -1.23. The molecule has 13 nitrogen and oxygen atoms in total. The van der Waals surface area contributed by atoms with E-state index in [1.807, 2.05) is 0 Å². The molecule has 0 aliphatic rings. The third-order valence-corrected chi connectivity index (χ3v) is 5.96. The number of carboxylic acid groups (broad SMARTS) is 1. The minimum absolute atomic E-state index is 0.0312. The summed E-state index contributed by atoms with van der Waals surface area (Å²) in [5, 5.41) is 26.5. The zero-order chi connectivity index (χ0) is 29.7. The van der Waals surface area contributed by atoms with Gasteiger partial charge in [-0.2, -0.15) is 0 Å². The van der Waals surface area contributed by atoms with Crippen LogP contribution in [0.15, 0.2) is 59.6 Å². The van der Waals surface area contributed by atoms with Gasteiger partial charge in [-0.05, 0) is 43.0 Å². The third-order valence-electron chi connectivity index (χ3n) is 5.96. The van der Waals surface area contributed by atoms with Crippen molar-refractivity contribution in [3.05, 3.63) is 65.7 Å². The first kappa shape index (κ1) is 31.6. The van der Waals surface area contributed by atoms with Crippen LogP contribution in [0.1, 0.15) is 30.9 Å². The fourth-order valence-corrected chi connectivity index (χ4v) is 3.71. The number of hydrogen-bond acceptors (Lipinski definition) is 7. The second kappa shape index (κ2) is 15.7. The van der Waals surface area contributed by atoms with E-state index in [-0.39, 0.29) is 37.5 Å². The SMILES string of the molecule is CC(NC(=O)C(Cc1ccccc1)NC(=O)C(Cc1ccc(O)cc1)NC(=O)C(N)CCCN=C(N)N)C(=O)O. The summed E-state index contributed by atoms with van der Waals surface area (Å²) in [6.07, 6.45) is 0.795. The number of carbonyl (C=O) groups excluding carboxylic acids is 3. The van der Waals surface area contributed by atoms with Crippen molar-refractivity contribution >= 4 is 29.7 Å². The number of carbonyl (C=O) groups is 4. The summed E-state index contributed by atoms with van der Waals surface area (Å²) in [5.74, 6) is -3.23. The molecule has 0 aliphatic heterocycles. The van der Waals surface area contributed by atoms with Gasteiger partial charge in [-0.25, -0.2) is 0 Å². The van der Waals surface area contributed by atoms with Crippen LogP contribution in [-0.2, 0) is 32.0 Å². The molecule has 0 aliphatic carbocycles. The number of phenolic OH excluding ortho intramolecular Hbond substituents is 1. The first-order valence-corrected chi connectivity index (χ1v) is 12.7. The van der Waals surface area contributed by atoms with E-state index in [1.165, 1.54) is 19.1 Å². The maximum absolute atomic E-state index is 13.5. The number of rotatable bonds is 15. The number of aliphatic carboxylic acids is 1. The number of carboxylic acids is 1. The van der Waals surface area contributed by atoms with E-state index in [2.05, 4.69) is 20.9 Å². The summed E-state index contributed by atoms with van der Waals surface area (Å²) in [6.45, 7) is 1.59. The standard InChI is InChI=1S/C27H37N7O6/c1-16(26(39)40)32-24(37)21(14-17-6-3-2-4-7-17)34-25(38)22(15-18-9-11-19(35)12-10-18)33-23(36)20(28)8-5-13-31-27(29)30/h2-4,6-7,9-12,16,20-22,35H,5,8,13-15,28H2,1H3,(H,32,37)(H,33,36)(H,34,38)(H,39,40)(H4,29,30,31). The predicted octanol–water partition coefficient (Wildman–Crippen LogP) is -0.883. The Morgan fingerprint density at radius 1 is 0.825 bits per heavy atom. The summed E-state index contributed by atoms with van der Waals surface area (Å²) in [5.41, 5.74) is 18.0. The molecule has 3 amide bonds. The Labute approximate surface area is 232 Å². The first-order valence-electron chi connectivity index (χ1n) is 12.7. The van der Waals surface area contributed by atoms with Crippen molar-refractivity contribution in [3.63, 3.8) is 0 Å². The highest BCUT2D eigenvalue weighted by molar-refractivity contribution is 5.94. The molecule has 0 saturated heterocycles. The van der Waals surface area contributed by atoms with Crippen molar-refractivity contribution in [2.45, 2.75) is 56.8 Å². The van der Waals surface area contributed by atoms with Gasteiger partial charge in [0.25, 0.3) is 0 Å². The molecule has 40 heavy (non-hydrogen) atoms. The molecule has 2 aromatic carbocycles. The Morgan fingerprint density at radius 3 is 1.90 bits per heavy atom. The molecule has 2 rings (SSSR count).